The zero-order valence-corrected chi connectivity index (χ0v) is 8.26. The first kappa shape index (κ1) is 9.18. The maximum atomic E-state index is 2.83. The Hall–Kier alpha value is 1.66. The van der Waals surface area contributed by atoms with E-state index >= 15 is 0 Å². The van der Waals surface area contributed by atoms with Gasteiger partial charge in [0, 0.05) is 0 Å². The van der Waals surface area contributed by atoms with E-state index in [4.69, 9.17) is 0 Å². The van der Waals surface area contributed by atoms with Crippen molar-refractivity contribution in [1.29, 1.82) is 0 Å². The van der Waals surface area contributed by atoms with Crippen molar-refractivity contribution in [2.75, 3.05) is 0 Å². The molecule has 0 aliphatic heterocycles. The summed E-state index contributed by atoms with van der Waals surface area (Å²) in [6, 6.07) is 0. The van der Waals surface area contributed by atoms with Crippen LogP contribution in [0.15, 0.2) is 0 Å². The van der Waals surface area contributed by atoms with Crippen LogP contribution in [-0.2, 0) is 52.1 Å². The molecule has 0 unspecified atom stereocenters. The third-order valence-corrected chi connectivity index (χ3v) is 0. The first-order chi connectivity index (χ1) is 1.41. The molecule has 0 saturated carbocycles. The predicted molar refractivity (Wildman–Crippen MR) is 10.7 cm³/mol. The minimum absolute atomic E-state index is 0. The molecule has 0 N–H and O–H groups in total. The summed E-state index contributed by atoms with van der Waals surface area (Å²) in [5.74, 6) is 0. The second kappa shape index (κ2) is 8.82. The Morgan fingerprint density at radius 3 is 1.75 bits per heavy atom. The molecular formula is C2H3WY+2. The Labute approximate surface area is 62.6 Å². The molecule has 0 aromatic rings. The molecule has 0 heterocycles. The van der Waals surface area contributed by atoms with E-state index in [0.717, 1.165) is 0 Å². The normalized spacial score (nSPS) is 3.25. The van der Waals surface area contributed by atoms with Crippen LogP contribution in [0.2, 0.25) is 0 Å². The van der Waals surface area contributed by atoms with Crippen LogP contribution in [0.5, 0.6) is 0 Å². The molecule has 0 nitrogen and oxygen atoms in total. The standard InChI is InChI=1S/C2H3.W.Y/c1-2;;/h1H3;;/q-1;;+3. The fourth-order valence-corrected chi connectivity index (χ4v) is 0. The summed E-state index contributed by atoms with van der Waals surface area (Å²) in [7, 11) is 0. The molecule has 4 heavy (non-hydrogen) atoms. The zero-order chi connectivity index (χ0) is 2.71. The number of rotatable bonds is 0. The molecule has 0 fully saturated rings. The Kier molecular flexibility index (Phi) is 20.2. The molecule has 0 radical (unpaired) electrons. The van der Waals surface area contributed by atoms with E-state index < -0.39 is 0 Å². The molecule has 0 spiro atoms. The van der Waals surface area contributed by atoms with E-state index in [9.17, 15) is 0 Å². The summed E-state index contributed by atoms with van der Waals surface area (Å²) in [6.45, 7) is 1.91. The van der Waals surface area contributed by atoms with Crippen molar-refractivity contribution >= 4 is 4.40 Å². The van der Waals surface area contributed by atoms with Crippen LogP contribution in [0.1, 0.15) is 6.92 Å². The van der Waals surface area contributed by atoms with Crippen molar-refractivity contribution in [3.8, 4) is 0 Å². The molecule has 18 valence electrons. The van der Waals surface area contributed by atoms with Crippen molar-refractivity contribution in [3.05, 3.63) is 0 Å². The Morgan fingerprint density at radius 1 is 1.75 bits per heavy atom. The molecule has 0 saturated heterocycles. The van der Waals surface area contributed by atoms with Gasteiger partial charge in [-0.3, -0.25) is 0 Å². The summed E-state index contributed by atoms with van der Waals surface area (Å²) in [4.78, 5) is 0. The monoisotopic (exact) mass is 300 g/mol. The Balaban J connectivity index is 0. The molecular weight excluding hydrogens is 297 g/mol. The van der Waals surface area contributed by atoms with Gasteiger partial charge in [0.2, 0.25) is 0 Å². The topological polar surface area (TPSA) is 0 Å². The van der Waals surface area contributed by atoms with Crippen LogP contribution < -0.4 is 0 Å². The molecule has 0 aliphatic carbocycles. The fourth-order valence-electron chi connectivity index (χ4n) is 0. The van der Waals surface area contributed by atoms with Crippen LogP contribution in [0.25, 0.3) is 0 Å². The van der Waals surface area contributed by atoms with Gasteiger partial charge in [0.1, 0.15) is 0 Å². The maximum Gasteiger partial charge on any atom is 3.00 e. The van der Waals surface area contributed by atoms with Crippen molar-refractivity contribution < 1.29 is 52.1 Å². The van der Waals surface area contributed by atoms with Gasteiger partial charge in [-0.15, -0.1) is 0 Å². The minimum atomic E-state index is 0. The van der Waals surface area contributed by atoms with Crippen molar-refractivity contribution in [3.63, 3.8) is 0 Å². The van der Waals surface area contributed by atoms with Gasteiger partial charge in [-0.25, -0.2) is 0 Å². The number of hydrogen-bond donors (Lipinski definition) is 0. The van der Waals surface area contributed by atoms with Gasteiger partial charge in [0.15, 0.2) is 0 Å². The average molecular weight is 300 g/mol. The summed E-state index contributed by atoms with van der Waals surface area (Å²) >= 11 is 1.42. The third kappa shape index (κ3) is 9.39. The first-order valence-electron chi connectivity index (χ1n) is 0.704. The molecule has 2 heteroatoms. The first-order valence-corrected chi connectivity index (χ1v) is 2.17. The van der Waals surface area contributed by atoms with E-state index in [2.05, 4.69) is 4.40 Å². The maximum absolute atomic E-state index is 2.83. The van der Waals surface area contributed by atoms with Gasteiger partial charge < -0.3 is 0 Å². The van der Waals surface area contributed by atoms with E-state index in [1.54, 1.807) is 0 Å². The molecule has 0 aromatic heterocycles. The van der Waals surface area contributed by atoms with Gasteiger partial charge in [-0.1, -0.05) is 0 Å². The Morgan fingerprint density at radius 2 is 1.75 bits per heavy atom. The SMILES string of the molecule is C[C-]=[W].[Y+3]. The minimum Gasteiger partial charge on any atom is 3.00 e. The molecule has 0 aromatic carbocycles. The van der Waals surface area contributed by atoms with Crippen molar-refractivity contribution in [2.45, 2.75) is 6.92 Å². The summed E-state index contributed by atoms with van der Waals surface area (Å²) < 4.78 is 2.83. The molecule has 0 amide bonds. The average Bonchev–Trinajstić information content (AvgIpc) is 0.918. The smallest absolute Gasteiger partial charge is 3.00 e. The molecule has 0 rings (SSSR count). The van der Waals surface area contributed by atoms with Gasteiger partial charge in [0.05, 0.1) is 0 Å². The number of hydrogen-bond acceptors (Lipinski definition) is 0. The third-order valence-electron chi connectivity index (χ3n) is 0. The second-order valence-corrected chi connectivity index (χ2v) is 1.67. The van der Waals surface area contributed by atoms with E-state index in [1.807, 2.05) is 6.92 Å². The predicted octanol–water partition coefficient (Wildman–Crippen LogP) is 0.230. The van der Waals surface area contributed by atoms with Crippen LogP contribution in [0.4, 0.5) is 0 Å². The zero-order valence-electron chi connectivity index (χ0n) is 2.49. The Bertz CT molecular complexity index is 13.5. The van der Waals surface area contributed by atoms with E-state index in [1.165, 1.54) is 19.4 Å². The van der Waals surface area contributed by atoms with Crippen molar-refractivity contribution in [2.24, 2.45) is 0 Å². The van der Waals surface area contributed by atoms with Gasteiger partial charge >= 0.3 is 63.4 Å². The fraction of sp³-hybridized carbons (Fsp3) is 0.500. The van der Waals surface area contributed by atoms with Gasteiger partial charge in [0.25, 0.3) is 0 Å². The quantitative estimate of drug-likeness (QED) is 0.562. The summed E-state index contributed by atoms with van der Waals surface area (Å²) in [6.07, 6.45) is 0. The second-order valence-electron chi connectivity index (χ2n) is 0.204. The van der Waals surface area contributed by atoms with Crippen LogP contribution in [-0.4, -0.2) is 4.40 Å². The van der Waals surface area contributed by atoms with Gasteiger partial charge in [-0.2, -0.15) is 0 Å². The van der Waals surface area contributed by atoms with E-state index in [0.29, 0.717) is 0 Å². The van der Waals surface area contributed by atoms with Crippen LogP contribution >= 0.6 is 0 Å². The molecule has 0 aliphatic rings. The van der Waals surface area contributed by atoms with Crippen LogP contribution in [0, 0.1) is 0 Å². The van der Waals surface area contributed by atoms with E-state index in [-0.39, 0.29) is 32.7 Å². The molecule has 0 bridgehead atoms. The largest absolute Gasteiger partial charge is 3.00 e. The molecule has 0 atom stereocenters. The van der Waals surface area contributed by atoms with Crippen molar-refractivity contribution in [1.82, 2.24) is 0 Å². The van der Waals surface area contributed by atoms with Gasteiger partial charge in [-0.05, 0) is 0 Å². The van der Waals surface area contributed by atoms with Crippen LogP contribution in [0.3, 0.4) is 0 Å². The summed E-state index contributed by atoms with van der Waals surface area (Å²) in [5, 5.41) is 0. The summed E-state index contributed by atoms with van der Waals surface area (Å²) in [5.41, 5.74) is 0.